The Morgan fingerprint density at radius 1 is 1.40 bits per heavy atom. The largest absolute Gasteiger partial charge is 0.352 e. The van der Waals surface area contributed by atoms with Crippen LogP contribution < -0.4 is 10.6 Å². The summed E-state index contributed by atoms with van der Waals surface area (Å²) < 4.78 is 0. The van der Waals surface area contributed by atoms with Gasteiger partial charge in [-0.05, 0) is 30.5 Å². The summed E-state index contributed by atoms with van der Waals surface area (Å²) in [6, 6.07) is 4.06. The topological polar surface area (TPSA) is 44.4 Å². The van der Waals surface area contributed by atoms with Crippen LogP contribution in [-0.2, 0) is 13.0 Å². The smallest absolute Gasteiger partial charge is 0.256 e. The molecule has 2 aliphatic rings. The minimum Gasteiger partial charge on any atom is -0.352 e. The standard InChI is InChI=1S/C14H15N3OS2/c1-17-5-4-8-10(7-17)20-14-11(8)13(18)15-12(16-14)9-3-2-6-19-9/h2-3,6,12,16H,4-5,7H2,1H3,(H,15,18)/t12-/m1/s1. The third kappa shape index (κ3) is 1.87. The van der Waals surface area contributed by atoms with E-state index in [4.69, 9.17) is 0 Å². The fourth-order valence-corrected chi connectivity index (χ4v) is 4.92. The Morgan fingerprint density at radius 3 is 3.10 bits per heavy atom. The van der Waals surface area contributed by atoms with Crippen LogP contribution in [0.1, 0.15) is 31.8 Å². The molecule has 0 aliphatic carbocycles. The van der Waals surface area contributed by atoms with Crippen LogP contribution in [0.4, 0.5) is 5.00 Å². The van der Waals surface area contributed by atoms with Crippen molar-refractivity contribution in [2.75, 3.05) is 18.9 Å². The van der Waals surface area contributed by atoms with Crippen molar-refractivity contribution in [3.8, 4) is 0 Å². The van der Waals surface area contributed by atoms with E-state index < -0.39 is 0 Å². The van der Waals surface area contributed by atoms with Crippen LogP contribution >= 0.6 is 22.7 Å². The Hall–Kier alpha value is -1.37. The zero-order valence-corrected chi connectivity index (χ0v) is 12.7. The minimum absolute atomic E-state index is 0.0687. The molecule has 2 aromatic rings. The second-order valence-corrected chi connectivity index (χ2v) is 7.35. The molecule has 6 heteroatoms. The second kappa shape index (κ2) is 4.58. The third-order valence-corrected chi connectivity index (χ3v) is 5.94. The third-order valence-electron chi connectivity index (χ3n) is 3.85. The van der Waals surface area contributed by atoms with Crippen molar-refractivity contribution in [2.24, 2.45) is 0 Å². The van der Waals surface area contributed by atoms with Gasteiger partial charge in [0.25, 0.3) is 5.91 Å². The Morgan fingerprint density at radius 2 is 2.30 bits per heavy atom. The molecule has 4 nitrogen and oxygen atoms in total. The Labute approximate surface area is 125 Å². The first-order valence-corrected chi connectivity index (χ1v) is 8.36. The quantitative estimate of drug-likeness (QED) is 0.851. The van der Waals surface area contributed by atoms with E-state index in [1.165, 1.54) is 10.4 Å². The molecular formula is C14H15N3OS2. The van der Waals surface area contributed by atoms with E-state index in [2.05, 4.69) is 28.6 Å². The van der Waals surface area contributed by atoms with Gasteiger partial charge in [-0.25, -0.2) is 0 Å². The van der Waals surface area contributed by atoms with Gasteiger partial charge in [0.2, 0.25) is 0 Å². The fourth-order valence-electron chi connectivity index (χ4n) is 2.84. The highest BCUT2D eigenvalue weighted by molar-refractivity contribution is 7.16. The number of rotatable bonds is 1. The van der Waals surface area contributed by atoms with Crippen molar-refractivity contribution in [1.82, 2.24) is 10.2 Å². The van der Waals surface area contributed by atoms with Gasteiger partial charge in [-0.1, -0.05) is 6.07 Å². The van der Waals surface area contributed by atoms with Gasteiger partial charge < -0.3 is 15.5 Å². The molecule has 1 amide bonds. The van der Waals surface area contributed by atoms with Gasteiger partial charge in [0, 0.05) is 22.8 Å². The molecule has 0 radical (unpaired) electrons. The molecule has 104 valence electrons. The van der Waals surface area contributed by atoms with Crippen LogP contribution in [0, 0.1) is 0 Å². The van der Waals surface area contributed by atoms with Crippen LogP contribution in [0.2, 0.25) is 0 Å². The normalized spacial score (nSPS) is 21.9. The average molecular weight is 305 g/mol. The summed E-state index contributed by atoms with van der Waals surface area (Å²) in [5, 5.41) is 9.63. The van der Waals surface area contributed by atoms with Crippen molar-refractivity contribution < 1.29 is 4.79 Å². The Bertz CT molecular complexity index is 662. The fraction of sp³-hybridized carbons (Fsp3) is 0.357. The summed E-state index contributed by atoms with van der Waals surface area (Å²) >= 11 is 3.40. The Kier molecular flexibility index (Phi) is 2.83. The zero-order chi connectivity index (χ0) is 13.7. The molecule has 2 aliphatic heterocycles. The lowest BCUT2D eigenvalue weighted by Crippen LogP contribution is -2.38. The predicted molar refractivity (Wildman–Crippen MR) is 82.5 cm³/mol. The molecule has 20 heavy (non-hydrogen) atoms. The first kappa shape index (κ1) is 12.4. The molecule has 4 rings (SSSR count). The van der Waals surface area contributed by atoms with Crippen LogP contribution in [0.25, 0.3) is 0 Å². The first-order chi connectivity index (χ1) is 9.72. The number of nitrogens with one attached hydrogen (secondary N) is 2. The number of thiophene rings is 2. The molecule has 0 saturated carbocycles. The molecule has 0 aromatic carbocycles. The number of carbonyl (C=O) groups excluding carboxylic acids is 1. The Balaban J connectivity index is 1.73. The van der Waals surface area contributed by atoms with E-state index in [0.717, 1.165) is 35.0 Å². The first-order valence-electron chi connectivity index (χ1n) is 6.66. The number of carbonyl (C=O) groups is 1. The minimum atomic E-state index is -0.0900. The number of hydrogen-bond donors (Lipinski definition) is 2. The summed E-state index contributed by atoms with van der Waals surface area (Å²) in [4.78, 5) is 17.2. The summed E-state index contributed by atoms with van der Waals surface area (Å²) in [5.41, 5.74) is 2.13. The number of amides is 1. The van der Waals surface area contributed by atoms with Crippen LogP contribution in [0.5, 0.6) is 0 Å². The van der Waals surface area contributed by atoms with Gasteiger partial charge in [0.05, 0.1) is 5.56 Å². The van der Waals surface area contributed by atoms with Gasteiger partial charge in [0.1, 0.15) is 11.2 Å². The molecule has 2 aromatic heterocycles. The molecule has 0 saturated heterocycles. The van der Waals surface area contributed by atoms with Gasteiger partial charge in [-0.3, -0.25) is 4.79 Å². The molecule has 2 N–H and O–H groups in total. The number of likely N-dealkylation sites (N-methyl/N-ethyl adjacent to an activating group) is 1. The maximum absolute atomic E-state index is 12.5. The second-order valence-electron chi connectivity index (χ2n) is 5.26. The van der Waals surface area contributed by atoms with E-state index in [0.29, 0.717) is 0 Å². The summed E-state index contributed by atoms with van der Waals surface area (Å²) in [6.07, 6.45) is 0.879. The summed E-state index contributed by atoms with van der Waals surface area (Å²) in [7, 11) is 2.13. The average Bonchev–Trinajstić information content (AvgIpc) is 3.04. The zero-order valence-electron chi connectivity index (χ0n) is 11.1. The molecule has 0 spiro atoms. The lowest BCUT2D eigenvalue weighted by Gasteiger charge is -2.26. The molecule has 0 fully saturated rings. The number of anilines is 1. The maximum Gasteiger partial charge on any atom is 0.256 e. The lowest BCUT2D eigenvalue weighted by atomic mass is 10.0. The van der Waals surface area contributed by atoms with Crippen LogP contribution in [0.3, 0.4) is 0 Å². The van der Waals surface area contributed by atoms with E-state index in [-0.39, 0.29) is 12.1 Å². The van der Waals surface area contributed by atoms with E-state index in [1.807, 2.05) is 11.4 Å². The monoisotopic (exact) mass is 305 g/mol. The number of fused-ring (bicyclic) bond motifs is 3. The van der Waals surface area contributed by atoms with Crippen molar-refractivity contribution in [3.05, 3.63) is 38.4 Å². The molecule has 4 heterocycles. The number of hydrogen-bond acceptors (Lipinski definition) is 5. The lowest BCUT2D eigenvalue weighted by molar-refractivity contribution is 0.0935. The van der Waals surface area contributed by atoms with Gasteiger partial charge in [0.15, 0.2) is 0 Å². The summed E-state index contributed by atoms with van der Waals surface area (Å²) in [6.45, 7) is 1.98. The SMILES string of the molecule is CN1CCc2c(sc3c2C(=O)N[C@@H](c2cccs2)N3)C1. The van der Waals surface area contributed by atoms with Crippen molar-refractivity contribution in [3.63, 3.8) is 0 Å². The van der Waals surface area contributed by atoms with Crippen molar-refractivity contribution in [2.45, 2.75) is 19.1 Å². The van der Waals surface area contributed by atoms with E-state index in [1.54, 1.807) is 22.7 Å². The van der Waals surface area contributed by atoms with E-state index in [9.17, 15) is 4.79 Å². The van der Waals surface area contributed by atoms with Gasteiger partial charge >= 0.3 is 0 Å². The van der Waals surface area contributed by atoms with E-state index >= 15 is 0 Å². The van der Waals surface area contributed by atoms with Crippen molar-refractivity contribution >= 4 is 33.6 Å². The van der Waals surface area contributed by atoms with Gasteiger partial charge in [-0.15, -0.1) is 22.7 Å². The van der Waals surface area contributed by atoms with Crippen LogP contribution in [0.15, 0.2) is 17.5 Å². The molecule has 0 bridgehead atoms. The molecule has 0 unspecified atom stereocenters. The van der Waals surface area contributed by atoms with Gasteiger partial charge in [-0.2, -0.15) is 0 Å². The number of nitrogens with zero attached hydrogens (tertiary/aromatic N) is 1. The highest BCUT2D eigenvalue weighted by Crippen LogP contribution is 2.40. The summed E-state index contributed by atoms with van der Waals surface area (Å²) in [5.74, 6) is 0.0687. The van der Waals surface area contributed by atoms with Crippen molar-refractivity contribution in [1.29, 1.82) is 0 Å². The van der Waals surface area contributed by atoms with Crippen LogP contribution in [-0.4, -0.2) is 24.4 Å². The predicted octanol–water partition coefficient (Wildman–Crippen LogP) is 2.65. The molecular weight excluding hydrogens is 290 g/mol. The maximum atomic E-state index is 12.5. The molecule has 1 atom stereocenters. The highest BCUT2D eigenvalue weighted by Gasteiger charge is 2.32. The highest BCUT2D eigenvalue weighted by atomic mass is 32.1.